The Bertz CT molecular complexity index is 328. The minimum absolute atomic E-state index is 0.180. The lowest BCUT2D eigenvalue weighted by Gasteiger charge is -2.35. The van der Waals surface area contributed by atoms with Crippen LogP contribution < -0.4 is 0 Å². The van der Waals surface area contributed by atoms with Crippen LogP contribution in [0.1, 0.15) is 46.5 Å². The number of likely N-dealkylation sites (tertiary alicyclic amines) is 2. The lowest BCUT2D eigenvalue weighted by molar-refractivity contribution is -0.134. The third kappa shape index (κ3) is 5.70. The van der Waals surface area contributed by atoms with Crippen molar-refractivity contribution in [1.82, 2.24) is 9.80 Å². The number of amides is 1. The van der Waals surface area contributed by atoms with Crippen LogP contribution in [-0.4, -0.2) is 53.5 Å². The Kier molecular flexibility index (Phi) is 7.79. The van der Waals surface area contributed by atoms with Crippen molar-refractivity contribution < 1.29 is 9.90 Å². The number of allylic oxidation sites excluding steroid dienone is 1. The van der Waals surface area contributed by atoms with Gasteiger partial charge in [-0.3, -0.25) is 9.69 Å². The number of piperidine rings is 2. The normalized spacial score (nSPS) is 21.6. The average molecular weight is 296 g/mol. The molecular weight excluding hydrogens is 264 g/mol. The maximum Gasteiger partial charge on any atom is 0.236 e. The predicted octanol–water partition coefficient (Wildman–Crippen LogP) is 3.05. The summed E-state index contributed by atoms with van der Waals surface area (Å²) < 4.78 is 0. The number of hydrogen-bond donors (Lipinski definition) is 1. The van der Waals surface area contributed by atoms with E-state index < -0.39 is 0 Å². The van der Waals surface area contributed by atoms with E-state index in [0.29, 0.717) is 6.54 Å². The number of nitrogens with zero attached hydrogens (tertiary/aromatic N) is 2. The fourth-order valence-corrected chi connectivity index (χ4v) is 2.97. The second-order valence-corrected chi connectivity index (χ2v) is 6.11. The van der Waals surface area contributed by atoms with Gasteiger partial charge in [-0.15, -0.1) is 0 Å². The second kappa shape index (κ2) is 9.08. The van der Waals surface area contributed by atoms with Gasteiger partial charge in [-0.05, 0) is 44.7 Å². The molecule has 1 N–H and O–H groups in total. The summed E-state index contributed by atoms with van der Waals surface area (Å²) in [7, 11) is 0. The van der Waals surface area contributed by atoms with Gasteiger partial charge in [-0.1, -0.05) is 27.4 Å². The SMILES string of the molecule is C=C(O)C1CCN(C(=O)CN2CCC(C)CC2)CC1.CC. The van der Waals surface area contributed by atoms with Crippen LogP contribution in [0.2, 0.25) is 0 Å². The van der Waals surface area contributed by atoms with Gasteiger partial charge in [0.1, 0.15) is 0 Å². The number of carbonyl (C=O) groups is 1. The Hall–Kier alpha value is -1.03. The maximum atomic E-state index is 12.2. The fraction of sp³-hybridized carbons (Fsp3) is 0.824. The van der Waals surface area contributed by atoms with E-state index in [1.165, 1.54) is 12.8 Å². The van der Waals surface area contributed by atoms with Gasteiger partial charge in [-0.2, -0.15) is 0 Å². The topological polar surface area (TPSA) is 43.8 Å². The monoisotopic (exact) mass is 296 g/mol. The van der Waals surface area contributed by atoms with Crippen LogP contribution in [0, 0.1) is 11.8 Å². The quantitative estimate of drug-likeness (QED) is 0.814. The molecule has 0 aliphatic carbocycles. The molecular formula is C17H32N2O2. The van der Waals surface area contributed by atoms with Crippen LogP contribution in [0.3, 0.4) is 0 Å². The first-order chi connectivity index (χ1) is 10.1. The summed E-state index contributed by atoms with van der Waals surface area (Å²) >= 11 is 0. The van der Waals surface area contributed by atoms with Crippen molar-refractivity contribution >= 4 is 5.91 Å². The average Bonchev–Trinajstić information content (AvgIpc) is 2.51. The molecule has 0 atom stereocenters. The molecule has 0 aromatic carbocycles. The minimum atomic E-state index is 0.180. The van der Waals surface area contributed by atoms with Gasteiger partial charge in [-0.25, -0.2) is 0 Å². The Morgan fingerprint density at radius 1 is 1.10 bits per heavy atom. The molecule has 4 nitrogen and oxygen atoms in total. The van der Waals surface area contributed by atoms with Crippen LogP contribution in [0.5, 0.6) is 0 Å². The van der Waals surface area contributed by atoms with Gasteiger partial charge in [0.25, 0.3) is 0 Å². The molecule has 2 rings (SSSR count). The van der Waals surface area contributed by atoms with Gasteiger partial charge in [0.2, 0.25) is 5.91 Å². The minimum Gasteiger partial charge on any atom is -0.513 e. The first-order valence-electron chi connectivity index (χ1n) is 8.44. The van der Waals surface area contributed by atoms with Crippen molar-refractivity contribution in [1.29, 1.82) is 0 Å². The third-order valence-electron chi connectivity index (χ3n) is 4.55. The largest absolute Gasteiger partial charge is 0.513 e. The molecule has 2 saturated heterocycles. The third-order valence-corrected chi connectivity index (χ3v) is 4.55. The van der Waals surface area contributed by atoms with Crippen molar-refractivity contribution in [2.24, 2.45) is 11.8 Å². The van der Waals surface area contributed by atoms with E-state index in [4.69, 9.17) is 0 Å². The summed E-state index contributed by atoms with van der Waals surface area (Å²) in [6.07, 6.45) is 4.11. The summed E-state index contributed by atoms with van der Waals surface area (Å²) in [6, 6.07) is 0. The lowest BCUT2D eigenvalue weighted by atomic mass is 9.95. The van der Waals surface area contributed by atoms with Gasteiger partial charge >= 0.3 is 0 Å². The zero-order chi connectivity index (χ0) is 15.8. The fourth-order valence-electron chi connectivity index (χ4n) is 2.97. The second-order valence-electron chi connectivity index (χ2n) is 6.11. The molecule has 0 radical (unpaired) electrons. The molecule has 0 aromatic heterocycles. The standard InChI is InChI=1S/C15H26N2O2.C2H6/c1-12-3-7-16(8-4-12)11-15(19)17-9-5-14(6-10-17)13(2)18;1-2/h12,14,18H,2-11H2,1H3;1-2H3. The van der Waals surface area contributed by atoms with E-state index in [-0.39, 0.29) is 17.6 Å². The summed E-state index contributed by atoms with van der Waals surface area (Å²) in [4.78, 5) is 16.4. The maximum absolute atomic E-state index is 12.2. The number of rotatable bonds is 3. The molecule has 2 aliphatic rings. The van der Waals surface area contributed by atoms with E-state index in [1.54, 1.807) is 0 Å². The van der Waals surface area contributed by atoms with Crippen molar-refractivity contribution in [3.05, 3.63) is 12.3 Å². The Balaban J connectivity index is 0.00000106. The first kappa shape index (κ1) is 18.0. The molecule has 0 spiro atoms. The summed E-state index contributed by atoms with van der Waals surface area (Å²) in [5.41, 5.74) is 0. The summed E-state index contributed by atoms with van der Waals surface area (Å²) in [5, 5.41) is 9.38. The molecule has 122 valence electrons. The molecule has 21 heavy (non-hydrogen) atoms. The molecule has 0 bridgehead atoms. The van der Waals surface area contributed by atoms with Crippen LogP contribution in [0.4, 0.5) is 0 Å². The smallest absolute Gasteiger partial charge is 0.236 e. The molecule has 1 amide bonds. The van der Waals surface area contributed by atoms with Gasteiger partial charge in [0, 0.05) is 19.0 Å². The van der Waals surface area contributed by atoms with Crippen LogP contribution in [0.15, 0.2) is 12.3 Å². The molecule has 2 fully saturated rings. The number of hydrogen-bond acceptors (Lipinski definition) is 3. The number of aliphatic hydroxyl groups excluding tert-OH is 1. The van der Waals surface area contributed by atoms with Crippen molar-refractivity contribution in [3.8, 4) is 0 Å². The van der Waals surface area contributed by atoms with Gasteiger partial charge in [0.15, 0.2) is 0 Å². The van der Waals surface area contributed by atoms with E-state index in [2.05, 4.69) is 18.4 Å². The highest BCUT2D eigenvalue weighted by atomic mass is 16.3. The molecule has 0 unspecified atom stereocenters. The highest BCUT2D eigenvalue weighted by Gasteiger charge is 2.26. The van der Waals surface area contributed by atoms with E-state index in [9.17, 15) is 9.90 Å². The van der Waals surface area contributed by atoms with Gasteiger partial charge < -0.3 is 10.0 Å². The van der Waals surface area contributed by atoms with Crippen LogP contribution in [0.25, 0.3) is 0 Å². The molecule has 0 saturated carbocycles. The zero-order valence-electron chi connectivity index (χ0n) is 14.0. The van der Waals surface area contributed by atoms with E-state index >= 15 is 0 Å². The predicted molar refractivity (Wildman–Crippen MR) is 87.3 cm³/mol. The Labute approximate surface area is 129 Å². The highest BCUT2D eigenvalue weighted by molar-refractivity contribution is 5.78. The highest BCUT2D eigenvalue weighted by Crippen LogP contribution is 2.22. The zero-order valence-corrected chi connectivity index (χ0v) is 14.0. The van der Waals surface area contributed by atoms with Crippen molar-refractivity contribution in [2.45, 2.75) is 46.5 Å². The number of aliphatic hydroxyl groups is 1. The first-order valence-corrected chi connectivity index (χ1v) is 8.44. The van der Waals surface area contributed by atoms with Gasteiger partial charge in [0.05, 0.1) is 12.3 Å². The molecule has 4 heteroatoms. The van der Waals surface area contributed by atoms with E-state index in [0.717, 1.165) is 44.9 Å². The van der Waals surface area contributed by atoms with Crippen LogP contribution >= 0.6 is 0 Å². The summed E-state index contributed by atoms with van der Waals surface area (Å²) in [5.74, 6) is 1.51. The van der Waals surface area contributed by atoms with Crippen molar-refractivity contribution in [3.63, 3.8) is 0 Å². The molecule has 2 heterocycles. The van der Waals surface area contributed by atoms with Crippen LogP contribution in [-0.2, 0) is 4.79 Å². The molecule has 2 aliphatic heterocycles. The Morgan fingerprint density at radius 3 is 2.10 bits per heavy atom. The Morgan fingerprint density at radius 2 is 1.62 bits per heavy atom. The lowest BCUT2D eigenvalue weighted by Crippen LogP contribution is -2.46. The van der Waals surface area contributed by atoms with Crippen molar-refractivity contribution in [2.75, 3.05) is 32.7 Å². The summed E-state index contributed by atoms with van der Waals surface area (Å²) in [6.45, 7) is 14.1. The van der Waals surface area contributed by atoms with E-state index in [1.807, 2.05) is 18.7 Å². The molecule has 0 aromatic rings. The number of carbonyl (C=O) groups excluding carboxylic acids is 1.